The average molecular weight is 268 g/mol. The van der Waals surface area contributed by atoms with Gasteiger partial charge in [0.15, 0.2) is 0 Å². The Hall–Kier alpha value is -0.380. The third kappa shape index (κ3) is 4.08. The summed E-state index contributed by atoms with van der Waals surface area (Å²) in [7, 11) is 0. The van der Waals surface area contributed by atoms with Crippen molar-refractivity contribution >= 4 is 11.3 Å². The molecule has 0 saturated carbocycles. The number of unbranched alkanes of at least 4 members (excludes halogenated alkanes) is 1. The van der Waals surface area contributed by atoms with Gasteiger partial charge in [0, 0.05) is 22.3 Å². The lowest BCUT2D eigenvalue weighted by atomic mass is 10.1. The summed E-state index contributed by atoms with van der Waals surface area (Å²) >= 11 is 1.89. The van der Waals surface area contributed by atoms with Gasteiger partial charge in [0.1, 0.15) is 0 Å². The summed E-state index contributed by atoms with van der Waals surface area (Å²) in [5.41, 5.74) is 6.04. The molecule has 0 aromatic carbocycles. The van der Waals surface area contributed by atoms with Gasteiger partial charge in [-0.2, -0.15) is 0 Å². The normalized spacial score (nSPS) is 15.0. The lowest BCUT2D eigenvalue weighted by Crippen LogP contribution is -2.40. The molecular weight excluding hydrogens is 240 g/mol. The summed E-state index contributed by atoms with van der Waals surface area (Å²) in [6, 6.07) is 5.45. The van der Waals surface area contributed by atoms with Gasteiger partial charge >= 0.3 is 0 Å². The monoisotopic (exact) mass is 268 g/mol. The molecule has 0 bridgehead atoms. The topological polar surface area (TPSA) is 29.3 Å². The van der Waals surface area contributed by atoms with Crippen molar-refractivity contribution in [1.82, 2.24) is 4.90 Å². The first-order valence-electron chi connectivity index (χ1n) is 7.16. The molecule has 2 nitrogen and oxygen atoms in total. The molecule has 0 amide bonds. The number of nitrogens with two attached hydrogens (primary N) is 1. The molecule has 2 N–H and O–H groups in total. The Kier molecular flexibility index (Phi) is 6.90. The zero-order valence-electron chi connectivity index (χ0n) is 12.3. The highest BCUT2D eigenvalue weighted by Gasteiger charge is 2.23. The molecule has 0 spiro atoms. The summed E-state index contributed by atoms with van der Waals surface area (Å²) in [5.74, 6) is 0. The van der Waals surface area contributed by atoms with E-state index < -0.39 is 0 Å². The van der Waals surface area contributed by atoms with Gasteiger partial charge in [-0.05, 0) is 45.4 Å². The van der Waals surface area contributed by atoms with Gasteiger partial charge in [-0.3, -0.25) is 4.90 Å². The van der Waals surface area contributed by atoms with Crippen LogP contribution < -0.4 is 5.73 Å². The van der Waals surface area contributed by atoms with Gasteiger partial charge in [0.2, 0.25) is 0 Å². The van der Waals surface area contributed by atoms with Gasteiger partial charge in [-0.15, -0.1) is 11.3 Å². The van der Waals surface area contributed by atoms with Crippen molar-refractivity contribution in [3.63, 3.8) is 0 Å². The van der Waals surface area contributed by atoms with E-state index in [-0.39, 0.29) is 0 Å². The summed E-state index contributed by atoms with van der Waals surface area (Å²) in [5, 5.41) is 0. The molecule has 1 heterocycles. The largest absolute Gasteiger partial charge is 0.329 e. The first-order chi connectivity index (χ1) is 8.63. The molecule has 3 heteroatoms. The van der Waals surface area contributed by atoms with Crippen LogP contribution in [0.15, 0.2) is 12.1 Å². The first-order valence-corrected chi connectivity index (χ1v) is 7.97. The number of aryl methyl sites for hydroxylation is 1. The standard InChI is InChI=1S/C15H28N2S/c1-5-7-10-17(12(3)6-2)14(11-16)15-9-8-13(4)18-15/h8-9,12,14H,5-7,10-11,16H2,1-4H3. The van der Waals surface area contributed by atoms with Gasteiger partial charge in [-0.1, -0.05) is 20.3 Å². The second-order valence-electron chi connectivity index (χ2n) is 5.05. The molecule has 0 aliphatic carbocycles. The molecule has 104 valence electrons. The molecular formula is C15H28N2S. The van der Waals surface area contributed by atoms with Gasteiger partial charge in [0.25, 0.3) is 0 Å². The predicted molar refractivity (Wildman–Crippen MR) is 82.2 cm³/mol. The van der Waals surface area contributed by atoms with Crippen molar-refractivity contribution in [3.8, 4) is 0 Å². The Bertz CT molecular complexity index is 335. The minimum Gasteiger partial charge on any atom is -0.329 e. The van der Waals surface area contributed by atoms with E-state index in [2.05, 4.69) is 44.7 Å². The molecule has 0 radical (unpaired) electrons. The summed E-state index contributed by atoms with van der Waals surface area (Å²) in [4.78, 5) is 5.39. The number of hydrogen-bond donors (Lipinski definition) is 1. The zero-order chi connectivity index (χ0) is 13.5. The fourth-order valence-corrected chi connectivity index (χ4v) is 3.32. The lowest BCUT2D eigenvalue weighted by Gasteiger charge is -2.35. The minimum atomic E-state index is 0.394. The van der Waals surface area contributed by atoms with E-state index >= 15 is 0 Å². The maximum atomic E-state index is 6.04. The molecule has 2 atom stereocenters. The van der Waals surface area contributed by atoms with E-state index in [4.69, 9.17) is 5.73 Å². The number of thiophene rings is 1. The summed E-state index contributed by atoms with van der Waals surface area (Å²) in [6.45, 7) is 10.9. The van der Waals surface area contributed by atoms with Crippen LogP contribution in [0.1, 0.15) is 55.8 Å². The van der Waals surface area contributed by atoms with E-state index in [1.54, 1.807) is 0 Å². The molecule has 1 aromatic heterocycles. The molecule has 1 rings (SSSR count). The third-order valence-corrected chi connectivity index (χ3v) is 4.74. The van der Waals surface area contributed by atoms with E-state index in [1.165, 1.54) is 29.0 Å². The Labute approximate surface area is 116 Å². The maximum Gasteiger partial charge on any atom is 0.0566 e. The Morgan fingerprint density at radius 3 is 2.50 bits per heavy atom. The van der Waals surface area contributed by atoms with Crippen LogP contribution in [-0.4, -0.2) is 24.0 Å². The van der Waals surface area contributed by atoms with Gasteiger partial charge in [-0.25, -0.2) is 0 Å². The van der Waals surface area contributed by atoms with Crippen LogP contribution in [-0.2, 0) is 0 Å². The second-order valence-corrected chi connectivity index (χ2v) is 6.37. The molecule has 0 aliphatic heterocycles. The summed E-state index contributed by atoms with van der Waals surface area (Å²) < 4.78 is 0. The molecule has 0 fully saturated rings. The predicted octanol–water partition coefficient (Wildman–Crippen LogP) is 3.96. The first kappa shape index (κ1) is 15.7. The molecule has 2 unspecified atom stereocenters. The Morgan fingerprint density at radius 2 is 2.06 bits per heavy atom. The van der Waals surface area contributed by atoms with Crippen LogP contribution in [0.2, 0.25) is 0 Å². The van der Waals surface area contributed by atoms with Crippen LogP contribution in [0.5, 0.6) is 0 Å². The molecule has 18 heavy (non-hydrogen) atoms. The Morgan fingerprint density at radius 1 is 1.33 bits per heavy atom. The van der Waals surface area contributed by atoms with E-state index in [0.29, 0.717) is 18.6 Å². The highest BCUT2D eigenvalue weighted by Crippen LogP contribution is 2.29. The van der Waals surface area contributed by atoms with Crippen molar-refractivity contribution in [1.29, 1.82) is 0 Å². The Balaban J connectivity index is 2.85. The fraction of sp³-hybridized carbons (Fsp3) is 0.733. The molecule has 1 aromatic rings. The van der Waals surface area contributed by atoms with Crippen LogP contribution in [0.3, 0.4) is 0 Å². The molecule has 0 saturated heterocycles. The van der Waals surface area contributed by atoms with Crippen LogP contribution in [0, 0.1) is 6.92 Å². The van der Waals surface area contributed by atoms with Crippen LogP contribution >= 0.6 is 11.3 Å². The SMILES string of the molecule is CCCCN(C(C)CC)C(CN)c1ccc(C)s1. The van der Waals surface area contributed by atoms with Crippen LogP contribution in [0.4, 0.5) is 0 Å². The lowest BCUT2D eigenvalue weighted by molar-refractivity contribution is 0.143. The van der Waals surface area contributed by atoms with Crippen molar-refractivity contribution in [2.45, 2.75) is 59.0 Å². The van der Waals surface area contributed by atoms with Crippen molar-refractivity contribution in [3.05, 3.63) is 21.9 Å². The minimum absolute atomic E-state index is 0.394. The second kappa shape index (κ2) is 7.93. The quantitative estimate of drug-likeness (QED) is 0.773. The number of rotatable bonds is 8. The van der Waals surface area contributed by atoms with Gasteiger partial charge < -0.3 is 5.73 Å². The van der Waals surface area contributed by atoms with Crippen molar-refractivity contribution in [2.24, 2.45) is 5.73 Å². The molecule has 0 aliphatic rings. The van der Waals surface area contributed by atoms with Crippen LogP contribution in [0.25, 0.3) is 0 Å². The summed E-state index contributed by atoms with van der Waals surface area (Å²) in [6.07, 6.45) is 3.68. The third-order valence-electron chi connectivity index (χ3n) is 3.64. The smallest absolute Gasteiger partial charge is 0.0566 e. The number of nitrogens with zero attached hydrogens (tertiary/aromatic N) is 1. The highest BCUT2D eigenvalue weighted by atomic mass is 32.1. The zero-order valence-corrected chi connectivity index (χ0v) is 13.1. The number of hydrogen-bond acceptors (Lipinski definition) is 3. The van der Waals surface area contributed by atoms with E-state index in [9.17, 15) is 0 Å². The van der Waals surface area contributed by atoms with Crippen molar-refractivity contribution in [2.75, 3.05) is 13.1 Å². The van der Waals surface area contributed by atoms with E-state index in [1.807, 2.05) is 11.3 Å². The van der Waals surface area contributed by atoms with Gasteiger partial charge in [0.05, 0.1) is 6.04 Å². The average Bonchev–Trinajstić information content (AvgIpc) is 2.80. The maximum absolute atomic E-state index is 6.04. The van der Waals surface area contributed by atoms with Crippen molar-refractivity contribution < 1.29 is 0 Å². The highest BCUT2D eigenvalue weighted by molar-refractivity contribution is 7.12. The fourth-order valence-electron chi connectivity index (χ4n) is 2.31. The van der Waals surface area contributed by atoms with E-state index in [0.717, 1.165) is 6.54 Å².